The monoisotopic (exact) mass is 402 g/mol. The maximum absolute atomic E-state index is 13.1. The van der Waals surface area contributed by atoms with Crippen molar-refractivity contribution in [2.24, 2.45) is 0 Å². The van der Waals surface area contributed by atoms with Gasteiger partial charge in [-0.2, -0.15) is 4.31 Å². The first-order chi connectivity index (χ1) is 13.6. The van der Waals surface area contributed by atoms with E-state index in [1.54, 1.807) is 30.3 Å². The summed E-state index contributed by atoms with van der Waals surface area (Å²) in [6.45, 7) is 1.15. The van der Waals surface area contributed by atoms with Crippen LogP contribution in [0.2, 0.25) is 0 Å². The van der Waals surface area contributed by atoms with Crippen LogP contribution >= 0.6 is 0 Å². The molecule has 7 heteroatoms. The van der Waals surface area contributed by atoms with Crippen LogP contribution in [0.3, 0.4) is 0 Å². The lowest BCUT2D eigenvalue weighted by Crippen LogP contribution is -2.43. The number of hydrogen-bond donors (Lipinski definition) is 1. The van der Waals surface area contributed by atoms with Crippen molar-refractivity contribution in [3.8, 4) is 0 Å². The molecule has 0 aliphatic carbocycles. The summed E-state index contributed by atoms with van der Waals surface area (Å²) in [6, 6.07) is 17.9. The van der Waals surface area contributed by atoms with Gasteiger partial charge in [0.15, 0.2) is 0 Å². The number of benzene rings is 2. The quantitative estimate of drug-likeness (QED) is 0.698. The average molecular weight is 403 g/mol. The summed E-state index contributed by atoms with van der Waals surface area (Å²) in [6.07, 6.45) is 2.46. The predicted octanol–water partition coefficient (Wildman–Crippen LogP) is 2.22. The molecule has 0 spiro atoms. The van der Waals surface area contributed by atoms with Crippen LogP contribution in [0.4, 0.5) is 0 Å². The molecule has 1 saturated heterocycles. The first kappa shape index (κ1) is 20.5. The van der Waals surface area contributed by atoms with Gasteiger partial charge in [0.25, 0.3) is 0 Å². The van der Waals surface area contributed by atoms with Crippen molar-refractivity contribution >= 4 is 15.9 Å². The lowest BCUT2D eigenvalue weighted by molar-refractivity contribution is -0.121. The SMILES string of the molecule is O=C(CN(CCc1ccccc1)S(=O)(=O)c1ccccc1)NC[C@@H]1CCCO1. The van der Waals surface area contributed by atoms with Gasteiger partial charge in [0.1, 0.15) is 0 Å². The molecular formula is C21H26N2O4S. The Labute approximate surface area is 166 Å². The zero-order valence-corrected chi connectivity index (χ0v) is 16.6. The lowest BCUT2D eigenvalue weighted by atomic mass is 10.1. The molecular weight excluding hydrogens is 376 g/mol. The van der Waals surface area contributed by atoms with E-state index in [4.69, 9.17) is 4.74 Å². The van der Waals surface area contributed by atoms with Gasteiger partial charge in [-0.15, -0.1) is 0 Å². The van der Waals surface area contributed by atoms with Crippen LogP contribution in [0.25, 0.3) is 0 Å². The second-order valence-corrected chi connectivity index (χ2v) is 8.76. The molecule has 0 bridgehead atoms. The molecule has 1 aliphatic heterocycles. The Balaban J connectivity index is 1.69. The highest BCUT2D eigenvalue weighted by Crippen LogP contribution is 2.16. The molecule has 0 saturated carbocycles. The fourth-order valence-corrected chi connectivity index (χ4v) is 4.59. The second kappa shape index (κ2) is 9.82. The molecule has 1 heterocycles. The average Bonchev–Trinajstić information content (AvgIpc) is 3.24. The van der Waals surface area contributed by atoms with E-state index < -0.39 is 10.0 Å². The van der Waals surface area contributed by atoms with E-state index in [1.807, 2.05) is 30.3 Å². The minimum atomic E-state index is -3.76. The number of hydrogen-bond acceptors (Lipinski definition) is 4. The van der Waals surface area contributed by atoms with E-state index in [0.717, 1.165) is 18.4 Å². The van der Waals surface area contributed by atoms with Gasteiger partial charge in [-0.05, 0) is 37.0 Å². The van der Waals surface area contributed by atoms with Gasteiger partial charge in [-0.25, -0.2) is 8.42 Å². The molecule has 0 unspecified atom stereocenters. The summed E-state index contributed by atoms with van der Waals surface area (Å²) in [4.78, 5) is 12.6. The fourth-order valence-electron chi connectivity index (χ4n) is 3.17. The Morgan fingerprint density at radius 3 is 2.39 bits per heavy atom. The summed E-state index contributed by atoms with van der Waals surface area (Å²) in [7, 11) is -3.76. The van der Waals surface area contributed by atoms with Crippen molar-refractivity contribution in [2.75, 3.05) is 26.2 Å². The first-order valence-corrected chi connectivity index (χ1v) is 11.0. The maximum Gasteiger partial charge on any atom is 0.243 e. The fraction of sp³-hybridized carbons (Fsp3) is 0.381. The Morgan fingerprint density at radius 2 is 1.75 bits per heavy atom. The Hall–Kier alpha value is -2.22. The first-order valence-electron chi connectivity index (χ1n) is 9.53. The summed E-state index contributed by atoms with van der Waals surface area (Å²) < 4.78 is 32.9. The summed E-state index contributed by atoms with van der Waals surface area (Å²) in [5, 5.41) is 2.81. The van der Waals surface area contributed by atoms with Crippen molar-refractivity contribution < 1.29 is 17.9 Å². The number of nitrogens with zero attached hydrogens (tertiary/aromatic N) is 1. The Bertz CT molecular complexity index is 850. The number of ether oxygens (including phenoxy) is 1. The smallest absolute Gasteiger partial charge is 0.243 e. The third-order valence-corrected chi connectivity index (χ3v) is 6.60. The van der Waals surface area contributed by atoms with Gasteiger partial charge in [0.2, 0.25) is 15.9 Å². The predicted molar refractivity (Wildman–Crippen MR) is 107 cm³/mol. The number of rotatable bonds is 9. The molecule has 28 heavy (non-hydrogen) atoms. The third-order valence-electron chi connectivity index (χ3n) is 4.74. The number of amides is 1. The van der Waals surface area contributed by atoms with Crippen molar-refractivity contribution in [1.29, 1.82) is 0 Å². The van der Waals surface area contributed by atoms with Crippen LogP contribution in [0.1, 0.15) is 18.4 Å². The molecule has 150 valence electrons. The number of sulfonamides is 1. The molecule has 2 aromatic rings. The van der Waals surface area contributed by atoms with Gasteiger partial charge < -0.3 is 10.1 Å². The highest BCUT2D eigenvalue weighted by atomic mass is 32.2. The Morgan fingerprint density at radius 1 is 1.07 bits per heavy atom. The molecule has 6 nitrogen and oxygen atoms in total. The van der Waals surface area contributed by atoms with E-state index in [9.17, 15) is 13.2 Å². The van der Waals surface area contributed by atoms with Crippen molar-refractivity contribution in [2.45, 2.75) is 30.3 Å². The van der Waals surface area contributed by atoms with E-state index in [2.05, 4.69) is 5.32 Å². The molecule has 3 rings (SSSR count). The highest BCUT2D eigenvalue weighted by molar-refractivity contribution is 7.89. The third kappa shape index (κ3) is 5.64. The van der Waals surface area contributed by atoms with Crippen LogP contribution in [-0.2, 0) is 26.0 Å². The molecule has 1 atom stereocenters. The zero-order chi connectivity index (χ0) is 19.8. The summed E-state index contributed by atoms with van der Waals surface area (Å²) in [5.41, 5.74) is 1.02. The molecule has 1 N–H and O–H groups in total. The van der Waals surface area contributed by atoms with Crippen molar-refractivity contribution in [3.05, 3.63) is 66.2 Å². The maximum atomic E-state index is 13.1. The van der Waals surface area contributed by atoms with Gasteiger partial charge >= 0.3 is 0 Å². The second-order valence-electron chi connectivity index (χ2n) is 6.83. The molecule has 1 amide bonds. The van der Waals surface area contributed by atoms with E-state index >= 15 is 0 Å². The van der Waals surface area contributed by atoms with E-state index in [0.29, 0.717) is 19.6 Å². The summed E-state index contributed by atoms with van der Waals surface area (Å²) in [5.74, 6) is -0.317. The minimum Gasteiger partial charge on any atom is -0.376 e. The van der Waals surface area contributed by atoms with Gasteiger partial charge in [-0.1, -0.05) is 48.5 Å². The minimum absolute atomic E-state index is 0.0208. The largest absolute Gasteiger partial charge is 0.376 e. The van der Waals surface area contributed by atoms with Crippen LogP contribution in [0.5, 0.6) is 0 Å². The van der Waals surface area contributed by atoms with Crippen molar-refractivity contribution in [1.82, 2.24) is 9.62 Å². The van der Waals surface area contributed by atoms with Gasteiger partial charge in [0, 0.05) is 19.7 Å². The molecule has 2 aromatic carbocycles. The standard InChI is InChI=1S/C21H26N2O4S/c24-21(22-16-19-10-7-15-27-19)17-23(14-13-18-8-3-1-4-9-18)28(25,26)20-11-5-2-6-12-20/h1-6,8-9,11-12,19H,7,10,13-17H2,(H,22,24)/t19-/m0/s1. The highest BCUT2D eigenvalue weighted by Gasteiger charge is 2.26. The Kier molecular flexibility index (Phi) is 7.19. The molecule has 1 fully saturated rings. The molecule has 1 aliphatic rings. The van der Waals surface area contributed by atoms with Crippen molar-refractivity contribution in [3.63, 3.8) is 0 Å². The van der Waals surface area contributed by atoms with E-state index in [1.165, 1.54) is 4.31 Å². The lowest BCUT2D eigenvalue weighted by Gasteiger charge is -2.22. The molecule has 0 radical (unpaired) electrons. The van der Waals surface area contributed by atoms with E-state index in [-0.39, 0.29) is 30.0 Å². The number of carbonyl (C=O) groups excluding carboxylic acids is 1. The normalized spacial score (nSPS) is 17.0. The van der Waals surface area contributed by atoms with Crippen LogP contribution in [0.15, 0.2) is 65.6 Å². The van der Waals surface area contributed by atoms with Crippen LogP contribution in [0, 0.1) is 0 Å². The van der Waals surface area contributed by atoms with Crippen LogP contribution in [-0.4, -0.2) is 51.0 Å². The zero-order valence-electron chi connectivity index (χ0n) is 15.8. The van der Waals surface area contributed by atoms with Gasteiger partial charge in [0.05, 0.1) is 17.5 Å². The topological polar surface area (TPSA) is 75.7 Å². The summed E-state index contributed by atoms with van der Waals surface area (Å²) >= 11 is 0. The number of nitrogens with one attached hydrogen (secondary N) is 1. The van der Waals surface area contributed by atoms with Gasteiger partial charge in [-0.3, -0.25) is 4.79 Å². The number of carbonyl (C=O) groups is 1. The molecule has 0 aromatic heterocycles. The van der Waals surface area contributed by atoms with Crippen LogP contribution < -0.4 is 5.32 Å².